The van der Waals surface area contributed by atoms with Crippen LogP contribution in [0.4, 0.5) is 13.2 Å². The number of rotatable bonds is 5. The Labute approximate surface area is 218 Å². The highest BCUT2D eigenvalue weighted by Gasteiger charge is 2.34. The number of carbonyl (C=O) groups excluding carboxylic acids is 1. The van der Waals surface area contributed by atoms with Gasteiger partial charge in [0.05, 0.1) is 18.0 Å². The Morgan fingerprint density at radius 1 is 1.03 bits per heavy atom. The first-order valence-corrected chi connectivity index (χ1v) is 12.3. The normalized spacial score (nSPS) is 14.8. The van der Waals surface area contributed by atoms with Crippen molar-refractivity contribution < 1.29 is 18.0 Å². The molecule has 0 atom stereocenters. The smallest absolute Gasteiger partial charge is 0.304 e. The number of benzene rings is 2. The summed E-state index contributed by atoms with van der Waals surface area (Å²) in [5.41, 5.74) is 2.26. The zero-order valence-electron chi connectivity index (χ0n) is 20.9. The van der Waals surface area contributed by atoms with Crippen LogP contribution >= 0.6 is 0 Å². The molecule has 2 aromatic heterocycles. The summed E-state index contributed by atoms with van der Waals surface area (Å²) >= 11 is 0. The average Bonchev–Trinajstić information content (AvgIpc) is 3.32. The standard InChI is InChI=1S/C29H26F3N5O/c1-35-11-13-36(14-12-35)20-24-7-5-22(16-26(24)29(30,31)32)17-27(38)23-4-2-3-21(15-23)6-8-25-18-34-28-19-33-9-10-37(25)28/h2-5,7,9-10,15-16,18-19H,11-14,17,20H2,1H3. The molecule has 0 unspecified atom stereocenters. The fourth-order valence-corrected chi connectivity index (χ4v) is 4.51. The summed E-state index contributed by atoms with van der Waals surface area (Å²) in [7, 11) is 2.01. The van der Waals surface area contributed by atoms with E-state index in [1.54, 1.807) is 59.5 Å². The number of carbonyl (C=O) groups is 1. The first kappa shape index (κ1) is 25.6. The maximum Gasteiger partial charge on any atom is 0.416 e. The van der Waals surface area contributed by atoms with Crippen LogP contribution in [0, 0.1) is 11.8 Å². The van der Waals surface area contributed by atoms with E-state index >= 15 is 0 Å². The third-order valence-electron chi connectivity index (χ3n) is 6.67. The largest absolute Gasteiger partial charge is 0.416 e. The van der Waals surface area contributed by atoms with Gasteiger partial charge in [0.1, 0.15) is 5.69 Å². The van der Waals surface area contributed by atoms with E-state index in [1.807, 2.05) is 11.9 Å². The van der Waals surface area contributed by atoms with Crippen LogP contribution in [0.1, 0.15) is 38.3 Å². The van der Waals surface area contributed by atoms with E-state index < -0.39 is 11.7 Å². The number of hydrogen-bond donors (Lipinski definition) is 0. The number of ketones is 1. The number of fused-ring (bicyclic) bond motifs is 1. The molecule has 0 radical (unpaired) electrons. The van der Waals surface area contributed by atoms with Crippen molar-refractivity contribution in [2.45, 2.75) is 19.1 Å². The number of Topliss-reactive ketones (excluding diaryl/α,β-unsaturated/α-hetero) is 1. The Morgan fingerprint density at radius 3 is 2.63 bits per heavy atom. The molecule has 0 N–H and O–H groups in total. The number of nitrogens with zero attached hydrogens (tertiary/aromatic N) is 5. The van der Waals surface area contributed by atoms with Crippen LogP contribution in [0.5, 0.6) is 0 Å². The molecular weight excluding hydrogens is 491 g/mol. The van der Waals surface area contributed by atoms with Gasteiger partial charge >= 0.3 is 6.18 Å². The predicted octanol–water partition coefficient (Wildman–Crippen LogP) is 4.32. The van der Waals surface area contributed by atoms with Crippen LogP contribution in [0.2, 0.25) is 0 Å². The Morgan fingerprint density at radius 2 is 1.84 bits per heavy atom. The maximum atomic E-state index is 13.9. The number of piperazine rings is 1. The molecule has 0 spiro atoms. The summed E-state index contributed by atoms with van der Waals surface area (Å²) < 4.78 is 43.6. The van der Waals surface area contributed by atoms with Gasteiger partial charge in [-0.05, 0) is 42.3 Å². The van der Waals surface area contributed by atoms with Crippen molar-refractivity contribution in [3.05, 3.63) is 101 Å². The van der Waals surface area contributed by atoms with E-state index in [9.17, 15) is 18.0 Å². The molecule has 1 fully saturated rings. The Kier molecular flexibility index (Phi) is 7.27. The van der Waals surface area contributed by atoms with Crippen LogP contribution in [0.3, 0.4) is 0 Å². The molecule has 9 heteroatoms. The van der Waals surface area contributed by atoms with Crippen molar-refractivity contribution in [2.75, 3.05) is 33.2 Å². The van der Waals surface area contributed by atoms with E-state index in [0.29, 0.717) is 28.0 Å². The lowest BCUT2D eigenvalue weighted by Crippen LogP contribution is -2.44. The summed E-state index contributed by atoms with van der Waals surface area (Å²) in [6.07, 6.45) is 2.05. The zero-order chi connectivity index (χ0) is 26.7. The van der Waals surface area contributed by atoms with Gasteiger partial charge in [0, 0.05) is 62.7 Å². The van der Waals surface area contributed by atoms with Gasteiger partial charge in [0.15, 0.2) is 11.4 Å². The second kappa shape index (κ2) is 10.8. The lowest BCUT2D eigenvalue weighted by molar-refractivity contribution is -0.138. The van der Waals surface area contributed by atoms with Gasteiger partial charge in [-0.15, -0.1) is 0 Å². The van der Waals surface area contributed by atoms with E-state index in [-0.39, 0.29) is 24.3 Å². The Balaban J connectivity index is 1.32. The van der Waals surface area contributed by atoms with E-state index in [2.05, 4.69) is 26.7 Å². The molecule has 194 valence electrons. The zero-order valence-corrected chi connectivity index (χ0v) is 20.9. The average molecular weight is 518 g/mol. The number of alkyl halides is 3. The summed E-state index contributed by atoms with van der Waals surface area (Å²) in [6, 6.07) is 11.1. The first-order valence-electron chi connectivity index (χ1n) is 12.3. The third kappa shape index (κ3) is 5.93. The molecule has 0 amide bonds. The van der Waals surface area contributed by atoms with E-state index in [0.717, 1.165) is 32.2 Å². The summed E-state index contributed by atoms with van der Waals surface area (Å²) in [6.45, 7) is 3.34. The molecular formula is C29H26F3N5O. The summed E-state index contributed by atoms with van der Waals surface area (Å²) in [5.74, 6) is 5.81. The molecule has 0 saturated carbocycles. The highest BCUT2D eigenvalue weighted by Crippen LogP contribution is 2.34. The molecule has 5 rings (SSSR count). The second-order valence-electron chi connectivity index (χ2n) is 9.45. The highest BCUT2D eigenvalue weighted by atomic mass is 19.4. The molecule has 0 bridgehead atoms. The van der Waals surface area contributed by atoms with Gasteiger partial charge in [-0.2, -0.15) is 13.2 Å². The molecule has 3 heterocycles. The van der Waals surface area contributed by atoms with Gasteiger partial charge < -0.3 is 4.90 Å². The fourth-order valence-electron chi connectivity index (χ4n) is 4.51. The lowest BCUT2D eigenvalue weighted by atomic mass is 9.97. The van der Waals surface area contributed by atoms with Crippen molar-refractivity contribution in [1.29, 1.82) is 0 Å². The van der Waals surface area contributed by atoms with Crippen molar-refractivity contribution in [1.82, 2.24) is 24.2 Å². The minimum atomic E-state index is -4.50. The maximum absolute atomic E-state index is 13.9. The van der Waals surface area contributed by atoms with Crippen LogP contribution in [0.15, 0.2) is 67.3 Å². The Bertz CT molecular complexity index is 1520. The fraction of sp³-hybridized carbons (Fsp3) is 0.276. The topological polar surface area (TPSA) is 53.7 Å². The van der Waals surface area contributed by atoms with Gasteiger partial charge in [-0.25, -0.2) is 4.98 Å². The third-order valence-corrected chi connectivity index (χ3v) is 6.67. The minimum Gasteiger partial charge on any atom is -0.304 e. The molecule has 0 aliphatic carbocycles. The number of hydrogen-bond acceptors (Lipinski definition) is 5. The molecule has 1 aliphatic heterocycles. The Hall–Kier alpha value is -4.00. The molecule has 4 aromatic rings. The molecule has 1 aliphatic rings. The van der Waals surface area contributed by atoms with Crippen LogP contribution in [-0.2, 0) is 19.1 Å². The van der Waals surface area contributed by atoms with Crippen LogP contribution < -0.4 is 0 Å². The highest BCUT2D eigenvalue weighted by molar-refractivity contribution is 5.97. The van der Waals surface area contributed by atoms with E-state index in [1.165, 1.54) is 6.07 Å². The predicted molar refractivity (Wildman–Crippen MR) is 138 cm³/mol. The van der Waals surface area contributed by atoms with Crippen molar-refractivity contribution >= 4 is 11.4 Å². The molecule has 1 saturated heterocycles. The van der Waals surface area contributed by atoms with Gasteiger partial charge in [-0.3, -0.25) is 19.1 Å². The van der Waals surface area contributed by atoms with Gasteiger partial charge in [-0.1, -0.05) is 30.2 Å². The quantitative estimate of drug-likeness (QED) is 0.292. The summed E-state index contributed by atoms with van der Waals surface area (Å²) in [4.78, 5) is 25.5. The van der Waals surface area contributed by atoms with Gasteiger partial charge in [0.25, 0.3) is 0 Å². The van der Waals surface area contributed by atoms with Gasteiger partial charge in [0.2, 0.25) is 0 Å². The van der Waals surface area contributed by atoms with Crippen molar-refractivity contribution in [3.63, 3.8) is 0 Å². The number of likely N-dealkylation sites (N-methyl/N-ethyl adjacent to an activating group) is 1. The van der Waals surface area contributed by atoms with E-state index in [4.69, 9.17) is 0 Å². The molecule has 38 heavy (non-hydrogen) atoms. The number of halogens is 3. The van der Waals surface area contributed by atoms with Crippen LogP contribution in [0.25, 0.3) is 5.65 Å². The summed E-state index contributed by atoms with van der Waals surface area (Å²) in [5, 5.41) is 0. The van der Waals surface area contributed by atoms with Crippen LogP contribution in [-0.4, -0.2) is 63.2 Å². The lowest BCUT2D eigenvalue weighted by Gasteiger charge is -2.33. The molecule has 6 nitrogen and oxygen atoms in total. The SMILES string of the molecule is CN1CCN(Cc2ccc(CC(=O)c3cccc(C#Cc4cnc5cnccn45)c3)cc2C(F)(F)F)CC1. The second-order valence-corrected chi connectivity index (χ2v) is 9.45. The molecule has 2 aromatic carbocycles. The number of imidazole rings is 1. The first-order chi connectivity index (χ1) is 18.3. The van der Waals surface area contributed by atoms with Crippen molar-refractivity contribution in [3.8, 4) is 11.8 Å². The van der Waals surface area contributed by atoms with Crippen molar-refractivity contribution in [2.24, 2.45) is 0 Å². The number of aromatic nitrogens is 3. The minimum absolute atomic E-state index is 0.130. The monoisotopic (exact) mass is 517 g/mol.